The van der Waals surface area contributed by atoms with E-state index in [2.05, 4.69) is 0 Å². The van der Waals surface area contributed by atoms with E-state index < -0.39 is 5.97 Å². The van der Waals surface area contributed by atoms with Gasteiger partial charge in [0.2, 0.25) is 0 Å². The summed E-state index contributed by atoms with van der Waals surface area (Å²) in [6.07, 6.45) is 1.66. The van der Waals surface area contributed by atoms with Crippen LogP contribution in [-0.4, -0.2) is 24.3 Å². The molecule has 0 saturated carbocycles. The van der Waals surface area contributed by atoms with Crippen molar-refractivity contribution in [2.45, 2.75) is 19.8 Å². The standard InChI is InChI=1S/C16H18O4S/c1-2-8-19-12-5-6-14(16(17)18)15(11-12)20-9-7-13-4-3-10-21-13/h3-6,10-11H,2,7-9H2,1H3,(H,17,18). The zero-order valence-electron chi connectivity index (χ0n) is 11.9. The molecule has 1 heterocycles. The first-order chi connectivity index (χ1) is 10.2. The summed E-state index contributed by atoms with van der Waals surface area (Å²) in [5.74, 6) is -0.0104. The van der Waals surface area contributed by atoms with Crippen LogP contribution in [0.2, 0.25) is 0 Å². The lowest BCUT2D eigenvalue weighted by atomic mass is 10.2. The normalized spacial score (nSPS) is 10.3. The molecular formula is C16H18O4S. The highest BCUT2D eigenvalue weighted by Gasteiger charge is 2.12. The van der Waals surface area contributed by atoms with Crippen molar-refractivity contribution in [1.82, 2.24) is 0 Å². The van der Waals surface area contributed by atoms with Crippen molar-refractivity contribution >= 4 is 17.3 Å². The third kappa shape index (κ3) is 4.49. The zero-order valence-corrected chi connectivity index (χ0v) is 12.7. The molecule has 0 unspecified atom stereocenters. The molecule has 1 N–H and O–H groups in total. The van der Waals surface area contributed by atoms with Crippen LogP contribution >= 0.6 is 11.3 Å². The topological polar surface area (TPSA) is 55.8 Å². The molecule has 1 aromatic heterocycles. The van der Waals surface area contributed by atoms with E-state index in [-0.39, 0.29) is 5.56 Å². The Balaban J connectivity index is 2.04. The minimum absolute atomic E-state index is 0.157. The molecule has 4 nitrogen and oxygen atoms in total. The van der Waals surface area contributed by atoms with E-state index in [1.54, 1.807) is 23.5 Å². The molecule has 2 aromatic rings. The first-order valence-electron chi connectivity index (χ1n) is 6.86. The Kier molecular flexibility index (Phi) is 5.63. The minimum atomic E-state index is -0.997. The maximum Gasteiger partial charge on any atom is 0.339 e. The summed E-state index contributed by atoms with van der Waals surface area (Å²) in [4.78, 5) is 12.4. The molecule has 0 aliphatic carbocycles. The van der Waals surface area contributed by atoms with E-state index in [4.69, 9.17) is 9.47 Å². The molecule has 0 saturated heterocycles. The van der Waals surface area contributed by atoms with Gasteiger partial charge in [-0.3, -0.25) is 0 Å². The van der Waals surface area contributed by atoms with Gasteiger partial charge in [0.05, 0.1) is 13.2 Å². The fraction of sp³-hybridized carbons (Fsp3) is 0.312. The van der Waals surface area contributed by atoms with E-state index in [0.29, 0.717) is 24.7 Å². The number of hydrogen-bond acceptors (Lipinski definition) is 4. The second-order valence-corrected chi connectivity index (χ2v) is 5.52. The highest BCUT2D eigenvalue weighted by molar-refractivity contribution is 7.09. The number of rotatable bonds is 8. The number of aromatic carboxylic acids is 1. The van der Waals surface area contributed by atoms with Gasteiger partial charge in [0.15, 0.2) is 0 Å². The summed E-state index contributed by atoms with van der Waals surface area (Å²) >= 11 is 1.66. The van der Waals surface area contributed by atoms with Gasteiger partial charge in [-0.05, 0) is 30.0 Å². The fourth-order valence-corrected chi connectivity index (χ4v) is 2.52. The molecule has 0 atom stereocenters. The van der Waals surface area contributed by atoms with E-state index in [1.807, 2.05) is 24.4 Å². The molecule has 0 fully saturated rings. The Hall–Kier alpha value is -2.01. The van der Waals surface area contributed by atoms with E-state index in [0.717, 1.165) is 12.8 Å². The summed E-state index contributed by atoms with van der Waals surface area (Å²) in [7, 11) is 0. The van der Waals surface area contributed by atoms with Crippen molar-refractivity contribution in [2.24, 2.45) is 0 Å². The summed E-state index contributed by atoms with van der Waals surface area (Å²) < 4.78 is 11.2. The van der Waals surface area contributed by atoms with Crippen LogP contribution in [0, 0.1) is 0 Å². The van der Waals surface area contributed by atoms with Crippen LogP contribution in [0.3, 0.4) is 0 Å². The van der Waals surface area contributed by atoms with E-state index in [1.165, 1.54) is 10.9 Å². The van der Waals surface area contributed by atoms with Gasteiger partial charge in [0, 0.05) is 17.4 Å². The van der Waals surface area contributed by atoms with Gasteiger partial charge in [-0.15, -0.1) is 11.3 Å². The Labute approximate surface area is 128 Å². The molecule has 0 aliphatic heterocycles. The largest absolute Gasteiger partial charge is 0.493 e. The predicted molar refractivity (Wildman–Crippen MR) is 82.7 cm³/mol. The van der Waals surface area contributed by atoms with Crippen LogP contribution in [0.15, 0.2) is 35.7 Å². The maximum absolute atomic E-state index is 11.2. The smallest absolute Gasteiger partial charge is 0.339 e. The molecule has 2 rings (SSSR count). The van der Waals surface area contributed by atoms with Crippen LogP contribution in [0.25, 0.3) is 0 Å². The van der Waals surface area contributed by atoms with Gasteiger partial charge in [-0.1, -0.05) is 13.0 Å². The lowest BCUT2D eigenvalue weighted by Gasteiger charge is -2.11. The Morgan fingerprint density at radius 2 is 2.10 bits per heavy atom. The third-order valence-corrected chi connectivity index (χ3v) is 3.78. The molecule has 21 heavy (non-hydrogen) atoms. The average Bonchev–Trinajstić information content (AvgIpc) is 2.98. The highest BCUT2D eigenvalue weighted by atomic mass is 32.1. The number of carboxylic acid groups (broad SMARTS) is 1. The number of benzene rings is 1. The van der Waals surface area contributed by atoms with Crippen molar-refractivity contribution in [2.75, 3.05) is 13.2 Å². The van der Waals surface area contributed by atoms with Crippen LogP contribution in [-0.2, 0) is 6.42 Å². The molecular weight excluding hydrogens is 288 g/mol. The van der Waals surface area contributed by atoms with Crippen molar-refractivity contribution < 1.29 is 19.4 Å². The van der Waals surface area contributed by atoms with Crippen molar-refractivity contribution in [1.29, 1.82) is 0 Å². The molecule has 0 spiro atoms. The fourth-order valence-electron chi connectivity index (χ4n) is 1.82. The van der Waals surface area contributed by atoms with Crippen LogP contribution in [0.1, 0.15) is 28.6 Å². The summed E-state index contributed by atoms with van der Waals surface area (Å²) in [5.41, 5.74) is 0.157. The van der Waals surface area contributed by atoms with Crippen molar-refractivity contribution in [3.8, 4) is 11.5 Å². The van der Waals surface area contributed by atoms with Crippen LogP contribution in [0.4, 0.5) is 0 Å². The second kappa shape index (κ2) is 7.69. The number of ether oxygens (including phenoxy) is 2. The quantitative estimate of drug-likeness (QED) is 0.804. The number of carbonyl (C=O) groups is 1. The molecule has 0 aliphatic rings. The van der Waals surface area contributed by atoms with Crippen molar-refractivity contribution in [3.05, 3.63) is 46.2 Å². The minimum Gasteiger partial charge on any atom is -0.493 e. The molecule has 1 aromatic carbocycles. The summed E-state index contributed by atoms with van der Waals surface area (Å²) in [6, 6.07) is 8.85. The third-order valence-electron chi connectivity index (χ3n) is 2.84. The number of thiophene rings is 1. The average molecular weight is 306 g/mol. The molecule has 112 valence electrons. The van der Waals surface area contributed by atoms with Gasteiger partial charge >= 0.3 is 5.97 Å². The molecule has 0 radical (unpaired) electrons. The van der Waals surface area contributed by atoms with Gasteiger partial charge in [0.25, 0.3) is 0 Å². The van der Waals surface area contributed by atoms with Crippen molar-refractivity contribution in [3.63, 3.8) is 0 Å². The second-order valence-electron chi connectivity index (χ2n) is 4.49. The van der Waals surface area contributed by atoms with Gasteiger partial charge in [-0.25, -0.2) is 4.79 Å². The summed E-state index contributed by atoms with van der Waals surface area (Å²) in [6.45, 7) is 3.06. The molecule has 0 amide bonds. The van der Waals surface area contributed by atoms with E-state index in [9.17, 15) is 9.90 Å². The van der Waals surface area contributed by atoms with Gasteiger partial charge in [-0.2, -0.15) is 0 Å². The Morgan fingerprint density at radius 3 is 2.76 bits per heavy atom. The lowest BCUT2D eigenvalue weighted by Crippen LogP contribution is -2.06. The Bertz CT molecular complexity index is 578. The maximum atomic E-state index is 11.2. The Morgan fingerprint density at radius 1 is 1.24 bits per heavy atom. The monoisotopic (exact) mass is 306 g/mol. The zero-order chi connectivity index (χ0) is 15.1. The van der Waals surface area contributed by atoms with Gasteiger partial charge in [0.1, 0.15) is 17.1 Å². The van der Waals surface area contributed by atoms with Crippen LogP contribution in [0.5, 0.6) is 11.5 Å². The summed E-state index contributed by atoms with van der Waals surface area (Å²) in [5, 5.41) is 11.2. The predicted octanol–water partition coefficient (Wildman–Crippen LogP) is 3.86. The first kappa shape index (κ1) is 15.4. The number of carboxylic acids is 1. The molecule has 5 heteroatoms. The lowest BCUT2D eigenvalue weighted by molar-refractivity contribution is 0.0692. The highest BCUT2D eigenvalue weighted by Crippen LogP contribution is 2.25. The number of hydrogen-bond donors (Lipinski definition) is 1. The first-order valence-corrected chi connectivity index (χ1v) is 7.74. The molecule has 0 bridgehead atoms. The van der Waals surface area contributed by atoms with E-state index >= 15 is 0 Å². The SMILES string of the molecule is CCCOc1ccc(C(=O)O)c(OCCc2cccs2)c1. The van der Waals surface area contributed by atoms with Gasteiger partial charge < -0.3 is 14.6 Å². The van der Waals surface area contributed by atoms with Crippen LogP contribution < -0.4 is 9.47 Å².